The van der Waals surface area contributed by atoms with Crippen LogP contribution in [0.5, 0.6) is 0 Å². The van der Waals surface area contributed by atoms with Gasteiger partial charge in [0.15, 0.2) is 0 Å². The Kier molecular flexibility index (Phi) is 4.96. The fourth-order valence-corrected chi connectivity index (χ4v) is 5.34. The number of pyridine rings is 2. The van der Waals surface area contributed by atoms with Crippen molar-refractivity contribution in [2.24, 2.45) is 11.1 Å². The van der Waals surface area contributed by atoms with Crippen LogP contribution in [-0.4, -0.2) is 38.2 Å². The molecule has 1 aliphatic carbocycles. The summed E-state index contributed by atoms with van der Waals surface area (Å²) in [6.45, 7) is 1.70. The molecule has 3 aromatic rings. The minimum atomic E-state index is 0.0405. The normalized spacial score (nSPS) is 19.8. The molecular formula is C20H21ClN8S. The van der Waals surface area contributed by atoms with Gasteiger partial charge in [-0.2, -0.15) is 0 Å². The van der Waals surface area contributed by atoms with E-state index in [-0.39, 0.29) is 11.5 Å². The Morgan fingerprint density at radius 2 is 1.93 bits per heavy atom. The highest BCUT2D eigenvalue weighted by atomic mass is 35.5. The van der Waals surface area contributed by atoms with Crippen LogP contribution in [0.25, 0.3) is 0 Å². The molecule has 4 N–H and O–H groups in total. The van der Waals surface area contributed by atoms with Crippen LogP contribution in [0.4, 0.5) is 11.8 Å². The Morgan fingerprint density at radius 1 is 1.10 bits per heavy atom. The SMILES string of the molecule is Nc1nccc(Sc2cnc(N3CCC4(CC3)Cc3ncccc3[C@@H]4N)nn2)c1Cl. The molecule has 0 radical (unpaired) electrons. The number of hydrogen-bond donors (Lipinski definition) is 2. The van der Waals surface area contributed by atoms with Gasteiger partial charge in [0.2, 0.25) is 5.95 Å². The largest absolute Gasteiger partial charge is 0.382 e. The Morgan fingerprint density at radius 3 is 2.67 bits per heavy atom. The molecule has 4 heterocycles. The molecule has 154 valence electrons. The Labute approximate surface area is 183 Å². The molecule has 2 aliphatic rings. The van der Waals surface area contributed by atoms with Gasteiger partial charge in [-0.15, -0.1) is 10.2 Å². The Bertz CT molecular complexity index is 1070. The van der Waals surface area contributed by atoms with Crippen LogP contribution < -0.4 is 16.4 Å². The summed E-state index contributed by atoms with van der Waals surface area (Å²) in [7, 11) is 0. The first-order valence-electron chi connectivity index (χ1n) is 9.78. The smallest absolute Gasteiger partial charge is 0.245 e. The first kappa shape index (κ1) is 19.5. The second-order valence-corrected chi connectivity index (χ2v) is 9.19. The summed E-state index contributed by atoms with van der Waals surface area (Å²) in [4.78, 5) is 16.0. The average Bonchev–Trinajstić information content (AvgIpc) is 3.04. The predicted molar refractivity (Wildman–Crippen MR) is 116 cm³/mol. The molecule has 30 heavy (non-hydrogen) atoms. The van der Waals surface area contributed by atoms with Gasteiger partial charge < -0.3 is 16.4 Å². The lowest BCUT2D eigenvalue weighted by molar-refractivity contribution is 0.186. The van der Waals surface area contributed by atoms with Crippen LogP contribution in [0.1, 0.15) is 30.1 Å². The van der Waals surface area contributed by atoms with Crippen LogP contribution in [-0.2, 0) is 6.42 Å². The molecule has 0 saturated carbocycles. The van der Waals surface area contributed by atoms with Gasteiger partial charge in [-0.05, 0) is 42.4 Å². The zero-order chi connectivity index (χ0) is 20.7. The zero-order valence-corrected chi connectivity index (χ0v) is 17.8. The molecule has 0 bridgehead atoms. The number of hydrogen-bond acceptors (Lipinski definition) is 9. The first-order chi connectivity index (χ1) is 14.6. The van der Waals surface area contributed by atoms with Crippen LogP contribution >= 0.6 is 23.4 Å². The minimum Gasteiger partial charge on any atom is -0.382 e. The van der Waals surface area contributed by atoms with E-state index < -0.39 is 0 Å². The van der Waals surface area contributed by atoms with Crippen molar-refractivity contribution < 1.29 is 0 Å². The highest BCUT2D eigenvalue weighted by molar-refractivity contribution is 7.99. The lowest BCUT2D eigenvalue weighted by Gasteiger charge is -2.41. The van der Waals surface area contributed by atoms with E-state index in [4.69, 9.17) is 23.1 Å². The first-order valence-corrected chi connectivity index (χ1v) is 11.0. The molecule has 1 atom stereocenters. The molecule has 10 heteroatoms. The minimum absolute atomic E-state index is 0.0405. The molecule has 3 aromatic heterocycles. The van der Waals surface area contributed by atoms with Gasteiger partial charge in [0.25, 0.3) is 0 Å². The molecule has 0 amide bonds. The van der Waals surface area contributed by atoms with E-state index in [1.54, 1.807) is 18.5 Å². The maximum Gasteiger partial charge on any atom is 0.245 e. The third-order valence-electron chi connectivity index (χ3n) is 6.11. The zero-order valence-electron chi connectivity index (χ0n) is 16.2. The average molecular weight is 441 g/mol. The van der Waals surface area contributed by atoms with E-state index in [1.807, 2.05) is 12.3 Å². The van der Waals surface area contributed by atoms with Crippen LogP contribution in [0.15, 0.2) is 46.7 Å². The van der Waals surface area contributed by atoms with E-state index in [9.17, 15) is 0 Å². The van der Waals surface area contributed by atoms with Crippen LogP contribution in [0, 0.1) is 5.41 Å². The number of anilines is 2. The fourth-order valence-electron chi connectivity index (χ4n) is 4.38. The van der Waals surface area contributed by atoms with Crippen molar-refractivity contribution in [1.82, 2.24) is 25.1 Å². The van der Waals surface area contributed by atoms with Gasteiger partial charge in [-0.25, -0.2) is 9.97 Å². The fraction of sp³-hybridized carbons (Fsp3) is 0.350. The van der Waals surface area contributed by atoms with Gasteiger partial charge in [0.05, 0.1) is 11.2 Å². The molecule has 0 aromatic carbocycles. The highest BCUT2D eigenvalue weighted by Crippen LogP contribution is 2.50. The standard InChI is InChI=1S/C20H21ClN8S/c21-16-14(3-7-25-18(16)23)30-15-11-26-19(28-27-15)29-8-4-20(5-9-29)10-13-12(17(20)22)2-1-6-24-13/h1-3,6-7,11,17H,4-5,8-10,22H2,(H2,23,25)/t17-/m0/s1. The lowest BCUT2D eigenvalue weighted by Crippen LogP contribution is -2.45. The third-order valence-corrected chi connectivity index (χ3v) is 7.57. The number of nitrogens with two attached hydrogens (primary N) is 2. The van der Waals surface area contributed by atoms with Crippen molar-refractivity contribution in [3.8, 4) is 0 Å². The van der Waals surface area contributed by atoms with E-state index in [0.29, 0.717) is 21.8 Å². The summed E-state index contributed by atoms with van der Waals surface area (Å²) in [6.07, 6.45) is 8.09. The van der Waals surface area contributed by atoms with E-state index in [1.165, 1.54) is 17.3 Å². The van der Waals surface area contributed by atoms with Crippen LogP contribution in [0.3, 0.4) is 0 Å². The second kappa shape index (κ2) is 7.64. The van der Waals surface area contributed by atoms with Crippen molar-refractivity contribution >= 4 is 35.1 Å². The van der Waals surface area contributed by atoms with Crippen molar-refractivity contribution in [2.75, 3.05) is 23.7 Å². The summed E-state index contributed by atoms with van der Waals surface area (Å²) in [6, 6.07) is 5.92. The summed E-state index contributed by atoms with van der Waals surface area (Å²) in [5.74, 6) is 0.931. The van der Waals surface area contributed by atoms with Crippen molar-refractivity contribution in [3.63, 3.8) is 0 Å². The summed E-state index contributed by atoms with van der Waals surface area (Å²) >= 11 is 7.56. The van der Waals surface area contributed by atoms with E-state index >= 15 is 0 Å². The van der Waals surface area contributed by atoms with Crippen molar-refractivity contribution in [1.29, 1.82) is 0 Å². The van der Waals surface area contributed by atoms with Gasteiger partial charge in [-0.3, -0.25) is 4.98 Å². The number of aromatic nitrogens is 5. The van der Waals surface area contributed by atoms with E-state index in [2.05, 4.69) is 36.1 Å². The predicted octanol–water partition coefficient (Wildman–Crippen LogP) is 2.89. The second-order valence-electron chi connectivity index (χ2n) is 7.75. The molecule has 1 fully saturated rings. The lowest BCUT2D eigenvalue weighted by atomic mass is 9.73. The molecule has 5 rings (SSSR count). The highest BCUT2D eigenvalue weighted by Gasteiger charge is 2.46. The molecule has 8 nitrogen and oxygen atoms in total. The number of halogens is 1. The third kappa shape index (κ3) is 3.36. The molecule has 1 spiro atoms. The number of fused-ring (bicyclic) bond motifs is 1. The Balaban J connectivity index is 1.26. The number of nitrogen functional groups attached to an aromatic ring is 1. The van der Waals surface area contributed by atoms with Crippen molar-refractivity contribution in [2.45, 2.75) is 35.2 Å². The maximum atomic E-state index is 6.63. The van der Waals surface area contributed by atoms with Gasteiger partial charge in [0, 0.05) is 42.1 Å². The summed E-state index contributed by atoms with van der Waals surface area (Å²) in [5.41, 5.74) is 14.8. The summed E-state index contributed by atoms with van der Waals surface area (Å²) in [5, 5.41) is 9.71. The van der Waals surface area contributed by atoms with E-state index in [0.717, 1.165) is 42.9 Å². The van der Waals surface area contributed by atoms with Crippen LogP contribution in [0.2, 0.25) is 5.02 Å². The van der Waals surface area contributed by atoms with Crippen molar-refractivity contribution in [3.05, 3.63) is 53.1 Å². The Hall–Kier alpha value is -2.49. The number of nitrogens with zero attached hydrogens (tertiary/aromatic N) is 6. The van der Waals surface area contributed by atoms with Gasteiger partial charge in [0.1, 0.15) is 10.8 Å². The maximum absolute atomic E-state index is 6.63. The summed E-state index contributed by atoms with van der Waals surface area (Å²) < 4.78 is 0. The quantitative estimate of drug-likeness (QED) is 0.633. The number of rotatable bonds is 3. The number of piperidine rings is 1. The van der Waals surface area contributed by atoms with Gasteiger partial charge in [-0.1, -0.05) is 29.4 Å². The van der Waals surface area contributed by atoms with Gasteiger partial charge >= 0.3 is 0 Å². The molecular weight excluding hydrogens is 420 g/mol. The topological polar surface area (TPSA) is 120 Å². The monoisotopic (exact) mass is 440 g/mol. The molecule has 0 unspecified atom stereocenters. The molecule has 1 saturated heterocycles. The molecule has 1 aliphatic heterocycles.